The summed E-state index contributed by atoms with van der Waals surface area (Å²) in [6, 6.07) is 5.89. The van der Waals surface area contributed by atoms with Gasteiger partial charge in [0.05, 0.1) is 0 Å². The quantitative estimate of drug-likeness (QED) is 0.809. The summed E-state index contributed by atoms with van der Waals surface area (Å²) in [5, 5.41) is 3.48. The smallest absolute Gasteiger partial charge is 0.167 e. The Hall–Kier alpha value is -1.09. The SMILES string of the molecule is Cc1cccc(OCCNC2CCCCC2)c1F. The summed E-state index contributed by atoms with van der Waals surface area (Å²) < 4.78 is 19.1. The van der Waals surface area contributed by atoms with Gasteiger partial charge in [0.1, 0.15) is 6.61 Å². The lowest BCUT2D eigenvalue weighted by atomic mass is 9.96. The van der Waals surface area contributed by atoms with E-state index in [1.165, 1.54) is 32.1 Å². The maximum Gasteiger partial charge on any atom is 0.167 e. The average Bonchev–Trinajstić information content (AvgIpc) is 2.40. The van der Waals surface area contributed by atoms with Crippen LogP contribution in [-0.4, -0.2) is 19.2 Å². The fourth-order valence-electron chi connectivity index (χ4n) is 2.46. The van der Waals surface area contributed by atoms with Crippen LogP contribution in [0.3, 0.4) is 0 Å². The summed E-state index contributed by atoms with van der Waals surface area (Å²) in [4.78, 5) is 0. The first kappa shape index (κ1) is 13.3. The monoisotopic (exact) mass is 251 g/mol. The van der Waals surface area contributed by atoms with Crippen molar-refractivity contribution in [2.45, 2.75) is 45.1 Å². The van der Waals surface area contributed by atoms with E-state index in [4.69, 9.17) is 4.74 Å². The van der Waals surface area contributed by atoms with Crippen molar-refractivity contribution in [2.75, 3.05) is 13.2 Å². The van der Waals surface area contributed by atoms with Crippen molar-refractivity contribution in [3.05, 3.63) is 29.6 Å². The molecule has 1 aliphatic rings. The van der Waals surface area contributed by atoms with Gasteiger partial charge in [-0.05, 0) is 31.4 Å². The molecular formula is C15H22FNO. The topological polar surface area (TPSA) is 21.3 Å². The molecule has 1 aliphatic carbocycles. The van der Waals surface area contributed by atoms with Crippen LogP contribution in [0.25, 0.3) is 0 Å². The van der Waals surface area contributed by atoms with Crippen LogP contribution in [-0.2, 0) is 0 Å². The molecule has 1 aromatic carbocycles. The van der Waals surface area contributed by atoms with Crippen molar-refractivity contribution in [1.29, 1.82) is 0 Å². The zero-order chi connectivity index (χ0) is 12.8. The van der Waals surface area contributed by atoms with E-state index >= 15 is 0 Å². The van der Waals surface area contributed by atoms with E-state index in [0.717, 1.165) is 6.54 Å². The van der Waals surface area contributed by atoms with E-state index in [9.17, 15) is 4.39 Å². The Balaban J connectivity index is 1.70. The predicted octanol–water partition coefficient (Wildman–Crippen LogP) is 3.44. The maximum atomic E-state index is 13.6. The highest BCUT2D eigenvalue weighted by molar-refractivity contribution is 5.29. The van der Waals surface area contributed by atoms with E-state index in [-0.39, 0.29) is 5.82 Å². The van der Waals surface area contributed by atoms with Crippen LogP contribution >= 0.6 is 0 Å². The molecule has 0 unspecified atom stereocenters. The third-order valence-corrected chi connectivity index (χ3v) is 3.55. The third-order valence-electron chi connectivity index (χ3n) is 3.55. The highest BCUT2D eigenvalue weighted by atomic mass is 19.1. The van der Waals surface area contributed by atoms with Gasteiger partial charge < -0.3 is 10.1 Å². The number of halogens is 1. The summed E-state index contributed by atoms with van der Waals surface area (Å²) in [6.45, 7) is 3.07. The second kappa shape index (κ2) is 6.74. The minimum absolute atomic E-state index is 0.241. The summed E-state index contributed by atoms with van der Waals surface area (Å²) in [7, 11) is 0. The Morgan fingerprint density at radius 3 is 2.83 bits per heavy atom. The molecule has 0 radical (unpaired) electrons. The van der Waals surface area contributed by atoms with Crippen molar-refractivity contribution >= 4 is 0 Å². The van der Waals surface area contributed by atoms with Gasteiger partial charge in [-0.15, -0.1) is 0 Å². The fraction of sp³-hybridized carbons (Fsp3) is 0.600. The van der Waals surface area contributed by atoms with E-state index in [1.54, 1.807) is 19.1 Å². The molecule has 0 amide bonds. The van der Waals surface area contributed by atoms with Crippen molar-refractivity contribution in [3.8, 4) is 5.75 Å². The number of aryl methyl sites for hydroxylation is 1. The Morgan fingerprint density at radius 2 is 2.06 bits per heavy atom. The summed E-state index contributed by atoms with van der Waals surface area (Å²) in [5.41, 5.74) is 0.632. The number of nitrogens with one attached hydrogen (secondary N) is 1. The molecule has 3 heteroatoms. The summed E-state index contributed by atoms with van der Waals surface area (Å²) >= 11 is 0. The average molecular weight is 251 g/mol. The second-order valence-corrected chi connectivity index (χ2v) is 5.02. The highest BCUT2D eigenvalue weighted by Gasteiger charge is 2.12. The second-order valence-electron chi connectivity index (χ2n) is 5.02. The van der Waals surface area contributed by atoms with E-state index in [0.29, 0.717) is 24.0 Å². The molecule has 0 bridgehead atoms. The molecule has 0 atom stereocenters. The first-order valence-electron chi connectivity index (χ1n) is 6.88. The van der Waals surface area contributed by atoms with Crippen LogP contribution in [0.2, 0.25) is 0 Å². The molecule has 0 heterocycles. The molecule has 2 rings (SSSR count). The number of benzene rings is 1. The molecule has 2 nitrogen and oxygen atoms in total. The van der Waals surface area contributed by atoms with Crippen LogP contribution in [0.1, 0.15) is 37.7 Å². The van der Waals surface area contributed by atoms with Gasteiger partial charge in [0.25, 0.3) is 0 Å². The fourth-order valence-corrected chi connectivity index (χ4v) is 2.46. The Morgan fingerprint density at radius 1 is 1.28 bits per heavy atom. The van der Waals surface area contributed by atoms with Gasteiger partial charge >= 0.3 is 0 Å². The zero-order valence-corrected chi connectivity index (χ0v) is 11.0. The van der Waals surface area contributed by atoms with Crippen LogP contribution in [0.4, 0.5) is 4.39 Å². The first-order chi connectivity index (χ1) is 8.77. The van der Waals surface area contributed by atoms with Gasteiger partial charge in [-0.1, -0.05) is 31.4 Å². The lowest BCUT2D eigenvalue weighted by Crippen LogP contribution is -2.34. The van der Waals surface area contributed by atoms with Crippen LogP contribution in [0.15, 0.2) is 18.2 Å². The number of ether oxygens (including phenoxy) is 1. The van der Waals surface area contributed by atoms with E-state index in [2.05, 4.69) is 5.32 Å². The molecule has 0 aromatic heterocycles. The van der Waals surface area contributed by atoms with Crippen molar-refractivity contribution in [3.63, 3.8) is 0 Å². The van der Waals surface area contributed by atoms with Gasteiger partial charge in [-0.3, -0.25) is 0 Å². The zero-order valence-electron chi connectivity index (χ0n) is 11.0. The van der Waals surface area contributed by atoms with Gasteiger partial charge in [-0.2, -0.15) is 0 Å². The molecule has 0 aliphatic heterocycles. The number of hydrogen-bond acceptors (Lipinski definition) is 2. The summed E-state index contributed by atoms with van der Waals surface area (Å²) in [5.74, 6) is 0.121. The minimum atomic E-state index is -0.241. The standard InChI is InChI=1S/C15H22FNO/c1-12-6-5-9-14(15(12)16)18-11-10-17-13-7-3-2-4-8-13/h5-6,9,13,17H,2-4,7-8,10-11H2,1H3. The van der Waals surface area contributed by atoms with E-state index < -0.39 is 0 Å². The van der Waals surface area contributed by atoms with Crippen molar-refractivity contribution in [1.82, 2.24) is 5.32 Å². The molecule has 1 fully saturated rings. The normalized spacial score (nSPS) is 16.8. The maximum absolute atomic E-state index is 13.6. The Kier molecular flexibility index (Phi) is 5.00. The Bertz CT molecular complexity index is 375. The van der Waals surface area contributed by atoms with Crippen LogP contribution < -0.4 is 10.1 Å². The number of rotatable bonds is 5. The molecule has 0 saturated heterocycles. The molecule has 1 saturated carbocycles. The van der Waals surface area contributed by atoms with E-state index in [1.807, 2.05) is 6.07 Å². The van der Waals surface area contributed by atoms with Gasteiger partial charge in [-0.25, -0.2) is 4.39 Å². The summed E-state index contributed by atoms with van der Waals surface area (Å²) in [6.07, 6.45) is 6.54. The van der Waals surface area contributed by atoms with Crippen LogP contribution in [0.5, 0.6) is 5.75 Å². The Labute approximate surface area is 109 Å². The van der Waals surface area contributed by atoms with Crippen LogP contribution in [0, 0.1) is 12.7 Å². The third kappa shape index (κ3) is 3.70. The molecular weight excluding hydrogens is 229 g/mol. The van der Waals surface area contributed by atoms with Gasteiger partial charge in [0.2, 0.25) is 0 Å². The van der Waals surface area contributed by atoms with Gasteiger partial charge in [0.15, 0.2) is 11.6 Å². The lowest BCUT2D eigenvalue weighted by molar-refractivity contribution is 0.278. The number of hydrogen-bond donors (Lipinski definition) is 1. The molecule has 1 aromatic rings. The molecule has 0 spiro atoms. The molecule has 1 N–H and O–H groups in total. The largest absolute Gasteiger partial charge is 0.489 e. The minimum Gasteiger partial charge on any atom is -0.489 e. The lowest BCUT2D eigenvalue weighted by Gasteiger charge is -2.22. The van der Waals surface area contributed by atoms with Crippen molar-refractivity contribution < 1.29 is 9.13 Å². The van der Waals surface area contributed by atoms with Crippen molar-refractivity contribution in [2.24, 2.45) is 0 Å². The molecule has 18 heavy (non-hydrogen) atoms. The predicted molar refractivity (Wildman–Crippen MR) is 71.5 cm³/mol. The highest BCUT2D eigenvalue weighted by Crippen LogP contribution is 2.19. The van der Waals surface area contributed by atoms with Gasteiger partial charge in [0, 0.05) is 12.6 Å². The first-order valence-corrected chi connectivity index (χ1v) is 6.88. The molecule has 100 valence electrons.